The highest BCUT2D eigenvalue weighted by atomic mass is 127. The van der Waals surface area contributed by atoms with Crippen LogP contribution in [0.4, 0.5) is 0 Å². The van der Waals surface area contributed by atoms with Crippen molar-refractivity contribution in [2.24, 2.45) is 16.8 Å². The fourth-order valence-electron chi connectivity index (χ4n) is 2.79. The van der Waals surface area contributed by atoms with Gasteiger partial charge >= 0.3 is 0 Å². The highest BCUT2D eigenvalue weighted by Crippen LogP contribution is 2.20. The Labute approximate surface area is 168 Å². The van der Waals surface area contributed by atoms with Crippen LogP contribution in [0.3, 0.4) is 0 Å². The molecule has 1 fully saturated rings. The van der Waals surface area contributed by atoms with Crippen molar-refractivity contribution in [1.82, 2.24) is 15.5 Å². The minimum Gasteiger partial charge on any atom is -0.356 e. The van der Waals surface area contributed by atoms with Crippen molar-refractivity contribution in [3.05, 3.63) is 22.4 Å². The molecular formula is C18H33IN4S. The first-order chi connectivity index (χ1) is 11.1. The lowest BCUT2D eigenvalue weighted by molar-refractivity contribution is 0.179. The number of likely N-dealkylation sites (tertiary alicyclic amines) is 1. The monoisotopic (exact) mass is 464 g/mol. The van der Waals surface area contributed by atoms with Crippen LogP contribution >= 0.6 is 35.3 Å². The van der Waals surface area contributed by atoms with Crippen molar-refractivity contribution in [3.8, 4) is 0 Å². The number of nitrogens with one attached hydrogen (secondary N) is 2. The van der Waals surface area contributed by atoms with E-state index >= 15 is 0 Å². The maximum Gasteiger partial charge on any atom is 0.191 e. The number of aliphatic imine (C=N–C) groups is 1. The third-order valence-electron chi connectivity index (χ3n) is 4.81. The number of piperidine rings is 1. The molecule has 1 aliphatic rings. The van der Waals surface area contributed by atoms with Gasteiger partial charge < -0.3 is 10.6 Å². The molecule has 1 atom stereocenters. The Balaban J connectivity index is 0.00000288. The van der Waals surface area contributed by atoms with Crippen LogP contribution in [0.2, 0.25) is 0 Å². The van der Waals surface area contributed by atoms with Gasteiger partial charge in [0.2, 0.25) is 0 Å². The van der Waals surface area contributed by atoms with Crippen molar-refractivity contribution in [2.75, 3.05) is 26.7 Å². The molecule has 1 aromatic rings. The molecule has 1 aromatic heterocycles. The third kappa shape index (κ3) is 7.27. The summed E-state index contributed by atoms with van der Waals surface area (Å²) in [7, 11) is 1.85. The van der Waals surface area contributed by atoms with E-state index in [-0.39, 0.29) is 24.0 Å². The van der Waals surface area contributed by atoms with Crippen molar-refractivity contribution in [2.45, 2.75) is 46.2 Å². The van der Waals surface area contributed by atoms with Crippen LogP contribution < -0.4 is 10.6 Å². The standard InChI is InChI=1S/C18H32N4S.HI/c1-14(2)15(3)21-18(19-4)20-12-16-7-9-22(10-8-16)13-17-6-5-11-23-17;/h5-6,11,14-16H,7-10,12-13H2,1-4H3,(H2,19,20,21);1H. The Morgan fingerprint density at radius 2 is 2.04 bits per heavy atom. The fraction of sp³-hybridized carbons (Fsp3) is 0.722. The van der Waals surface area contributed by atoms with E-state index in [2.05, 4.69) is 58.8 Å². The van der Waals surface area contributed by atoms with E-state index in [9.17, 15) is 0 Å². The topological polar surface area (TPSA) is 39.7 Å². The van der Waals surface area contributed by atoms with Gasteiger partial charge in [-0.2, -0.15) is 0 Å². The van der Waals surface area contributed by atoms with E-state index in [0.29, 0.717) is 12.0 Å². The average molecular weight is 464 g/mol. The maximum absolute atomic E-state index is 4.35. The van der Waals surface area contributed by atoms with E-state index in [0.717, 1.165) is 25.0 Å². The second-order valence-electron chi connectivity index (χ2n) is 6.93. The number of halogens is 1. The maximum atomic E-state index is 4.35. The number of rotatable bonds is 6. The number of hydrogen-bond donors (Lipinski definition) is 2. The predicted molar refractivity (Wildman–Crippen MR) is 117 cm³/mol. The first-order valence-electron chi connectivity index (χ1n) is 8.80. The summed E-state index contributed by atoms with van der Waals surface area (Å²) >= 11 is 1.86. The second kappa shape index (κ2) is 11.3. The summed E-state index contributed by atoms with van der Waals surface area (Å²) in [4.78, 5) is 8.41. The van der Waals surface area contributed by atoms with Crippen molar-refractivity contribution >= 4 is 41.3 Å². The van der Waals surface area contributed by atoms with Crippen molar-refractivity contribution in [1.29, 1.82) is 0 Å². The Morgan fingerprint density at radius 3 is 2.58 bits per heavy atom. The van der Waals surface area contributed by atoms with Crippen LogP contribution in [-0.2, 0) is 6.54 Å². The molecule has 1 aliphatic heterocycles. The number of guanidine groups is 1. The molecule has 2 N–H and O–H groups in total. The molecule has 6 heteroatoms. The molecule has 2 rings (SSSR count). The van der Waals surface area contributed by atoms with Crippen LogP contribution in [0, 0.1) is 11.8 Å². The largest absolute Gasteiger partial charge is 0.356 e. The van der Waals surface area contributed by atoms with Gasteiger partial charge in [0.05, 0.1) is 0 Å². The summed E-state index contributed by atoms with van der Waals surface area (Å²) < 4.78 is 0. The molecular weight excluding hydrogens is 431 g/mol. The zero-order chi connectivity index (χ0) is 16.7. The zero-order valence-corrected chi connectivity index (χ0v) is 18.6. The lowest BCUT2D eigenvalue weighted by atomic mass is 9.97. The highest BCUT2D eigenvalue weighted by Gasteiger charge is 2.20. The lowest BCUT2D eigenvalue weighted by Gasteiger charge is -2.32. The zero-order valence-electron chi connectivity index (χ0n) is 15.4. The van der Waals surface area contributed by atoms with E-state index in [4.69, 9.17) is 0 Å². The summed E-state index contributed by atoms with van der Waals surface area (Å²) in [5.41, 5.74) is 0. The third-order valence-corrected chi connectivity index (χ3v) is 5.67. The van der Waals surface area contributed by atoms with Gasteiger partial charge in [-0.1, -0.05) is 19.9 Å². The molecule has 0 spiro atoms. The smallest absolute Gasteiger partial charge is 0.191 e. The number of nitrogens with zero attached hydrogens (tertiary/aromatic N) is 2. The normalized spacial score (nSPS) is 18.3. The van der Waals surface area contributed by atoms with Crippen LogP contribution in [0.25, 0.3) is 0 Å². The van der Waals surface area contributed by atoms with Gasteiger partial charge in [0.15, 0.2) is 5.96 Å². The van der Waals surface area contributed by atoms with Gasteiger partial charge in [-0.25, -0.2) is 0 Å². The summed E-state index contributed by atoms with van der Waals surface area (Å²) in [6.45, 7) is 11.2. The van der Waals surface area contributed by atoms with Gasteiger partial charge in [0, 0.05) is 31.1 Å². The molecule has 138 valence electrons. The lowest BCUT2D eigenvalue weighted by Crippen LogP contribution is -2.46. The molecule has 24 heavy (non-hydrogen) atoms. The molecule has 0 radical (unpaired) electrons. The quantitative estimate of drug-likeness (QED) is 0.383. The van der Waals surface area contributed by atoms with E-state index in [1.54, 1.807) is 0 Å². The summed E-state index contributed by atoms with van der Waals surface area (Å²) in [6, 6.07) is 4.82. The van der Waals surface area contributed by atoms with Crippen LogP contribution in [-0.4, -0.2) is 43.6 Å². The molecule has 1 saturated heterocycles. The Morgan fingerprint density at radius 1 is 1.33 bits per heavy atom. The molecule has 0 bridgehead atoms. The first-order valence-corrected chi connectivity index (χ1v) is 9.68. The van der Waals surface area contributed by atoms with Gasteiger partial charge in [-0.05, 0) is 56.1 Å². The van der Waals surface area contributed by atoms with E-state index in [1.165, 1.54) is 30.8 Å². The Kier molecular flexibility index (Phi) is 10.2. The number of hydrogen-bond acceptors (Lipinski definition) is 3. The molecule has 1 unspecified atom stereocenters. The molecule has 0 saturated carbocycles. The van der Waals surface area contributed by atoms with Crippen LogP contribution in [0.5, 0.6) is 0 Å². The Hall–Kier alpha value is -0.340. The summed E-state index contributed by atoms with van der Waals surface area (Å²) in [5, 5.41) is 9.15. The van der Waals surface area contributed by atoms with Crippen LogP contribution in [0.15, 0.2) is 22.5 Å². The summed E-state index contributed by atoms with van der Waals surface area (Å²) in [6.07, 6.45) is 2.55. The summed E-state index contributed by atoms with van der Waals surface area (Å²) in [5.74, 6) is 2.30. The number of thiophene rings is 1. The minimum atomic E-state index is 0. The minimum absolute atomic E-state index is 0. The van der Waals surface area contributed by atoms with Gasteiger partial charge in [0.25, 0.3) is 0 Å². The predicted octanol–water partition coefficient (Wildman–Crippen LogP) is 3.79. The molecule has 0 aliphatic carbocycles. The molecule has 0 aromatic carbocycles. The van der Waals surface area contributed by atoms with Gasteiger partial charge in [0.1, 0.15) is 0 Å². The van der Waals surface area contributed by atoms with Gasteiger partial charge in [-0.3, -0.25) is 9.89 Å². The van der Waals surface area contributed by atoms with Crippen molar-refractivity contribution < 1.29 is 0 Å². The molecule has 4 nitrogen and oxygen atoms in total. The SMILES string of the molecule is CN=C(NCC1CCN(Cc2cccs2)CC1)NC(C)C(C)C.I. The van der Waals surface area contributed by atoms with Crippen LogP contribution in [0.1, 0.15) is 38.5 Å². The second-order valence-corrected chi connectivity index (χ2v) is 7.96. The average Bonchev–Trinajstić information content (AvgIpc) is 3.05. The first kappa shape index (κ1) is 21.7. The highest BCUT2D eigenvalue weighted by molar-refractivity contribution is 14.0. The van der Waals surface area contributed by atoms with E-state index in [1.807, 2.05) is 18.4 Å². The van der Waals surface area contributed by atoms with E-state index < -0.39 is 0 Å². The Bertz CT molecular complexity index is 467. The molecule has 0 amide bonds. The van der Waals surface area contributed by atoms with Crippen molar-refractivity contribution in [3.63, 3.8) is 0 Å². The molecule has 2 heterocycles. The fourth-order valence-corrected chi connectivity index (χ4v) is 3.54. The van der Waals surface area contributed by atoms with Gasteiger partial charge in [-0.15, -0.1) is 35.3 Å².